The lowest BCUT2D eigenvalue weighted by Gasteiger charge is -2.23. The Kier molecular flexibility index (Phi) is 7.27. The molecule has 0 aliphatic heterocycles. The Balaban J connectivity index is 1.22. The summed E-state index contributed by atoms with van der Waals surface area (Å²) in [6.45, 7) is 4.77. The molecule has 0 spiro atoms. The Morgan fingerprint density at radius 2 is 0.983 bits per heavy atom. The van der Waals surface area contributed by atoms with Crippen molar-refractivity contribution in [3.8, 4) is 56.1 Å². The summed E-state index contributed by atoms with van der Waals surface area (Å²) in [5.74, 6) is 0. The van der Waals surface area contributed by atoms with Gasteiger partial charge in [-0.15, -0.1) is 0 Å². The van der Waals surface area contributed by atoms with Gasteiger partial charge in [-0.3, -0.25) is 0 Å². The van der Waals surface area contributed by atoms with Crippen LogP contribution in [0.15, 0.2) is 200 Å². The van der Waals surface area contributed by atoms with Gasteiger partial charge < -0.3 is 9.13 Å². The molecule has 3 heteroatoms. The van der Waals surface area contributed by atoms with Gasteiger partial charge >= 0.3 is 0 Å². The van der Waals surface area contributed by atoms with Gasteiger partial charge in [0.25, 0.3) is 0 Å². The van der Waals surface area contributed by atoms with Crippen LogP contribution in [-0.4, -0.2) is 14.1 Å². The van der Waals surface area contributed by atoms with Gasteiger partial charge in [0.05, 0.1) is 33.5 Å². The minimum Gasteiger partial charge on any atom is -0.309 e. The average Bonchev–Trinajstić information content (AvgIpc) is 3.90. The second-order valence-electron chi connectivity index (χ2n) is 16.3. The second kappa shape index (κ2) is 12.8. The normalized spacial score (nSPS) is 13.1. The Labute approximate surface area is 343 Å². The Morgan fingerprint density at radius 3 is 1.75 bits per heavy atom. The van der Waals surface area contributed by atoms with Crippen LogP contribution in [0.3, 0.4) is 0 Å². The number of hydrogen-bond acceptors (Lipinski definition) is 1. The molecule has 8 aromatic carbocycles. The molecular formula is C56H39N3. The zero-order valence-electron chi connectivity index (χ0n) is 32.9. The first-order chi connectivity index (χ1) is 29.0. The highest BCUT2D eigenvalue weighted by molar-refractivity contribution is 6.21. The standard InChI is InChI=1S/C56H39N3/c1-56(2)46-27-15-12-25-42(46)54-47(56)35-45(49-33-38(36-18-6-3-7-19-36)32-48(57-49)37-20-8-4-9-21-37)53-43-26-14-17-29-51(43)59(55(53)54)40-30-31-52-44(34-40)41-24-13-16-28-50(41)58(52)39-22-10-5-11-23-39/h3-35H,1-2H3. The molecule has 1 aliphatic carbocycles. The van der Waals surface area contributed by atoms with Crippen LogP contribution >= 0.6 is 0 Å². The first-order valence-corrected chi connectivity index (χ1v) is 20.5. The van der Waals surface area contributed by atoms with E-state index in [1.165, 1.54) is 71.4 Å². The topological polar surface area (TPSA) is 22.8 Å². The molecule has 0 atom stereocenters. The van der Waals surface area contributed by atoms with E-state index in [1.807, 2.05) is 0 Å². The average molecular weight is 754 g/mol. The van der Waals surface area contributed by atoms with Gasteiger partial charge in [0, 0.05) is 55.0 Å². The molecule has 1 aliphatic rings. The zero-order valence-corrected chi connectivity index (χ0v) is 32.9. The lowest BCUT2D eigenvalue weighted by molar-refractivity contribution is 0.661. The number of para-hydroxylation sites is 3. The fraction of sp³-hybridized carbons (Fsp3) is 0.0536. The summed E-state index contributed by atoms with van der Waals surface area (Å²) in [4.78, 5) is 5.56. The molecule has 59 heavy (non-hydrogen) atoms. The van der Waals surface area contributed by atoms with Gasteiger partial charge in [-0.05, 0) is 88.5 Å². The summed E-state index contributed by atoms with van der Waals surface area (Å²) >= 11 is 0. The maximum Gasteiger partial charge on any atom is 0.0722 e. The fourth-order valence-electron chi connectivity index (χ4n) is 9.97. The highest BCUT2D eigenvalue weighted by atomic mass is 15.0. The largest absolute Gasteiger partial charge is 0.309 e. The quantitative estimate of drug-likeness (QED) is 0.172. The lowest BCUT2D eigenvalue weighted by atomic mass is 9.81. The first-order valence-electron chi connectivity index (χ1n) is 20.5. The monoisotopic (exact) mass is 753 g/mol. The van der Waals surface area contributed by atoms with Crippen LogP contribution in [0.2, 0.25) is 0 Å². The summed E-state index contributed by atoms with van der Waals surface area (Å²) < 4.78 is 4.93. The molecule has 0 fully saturated rings. The van der Waals surface area contributed by atoms with E-state index in [-0.39, 0.29) is 5.41 Å². The number of rotatable bonds is 5. The first kappa shape index (κ1) is 33.6. The van der Waals surface area contributed by atoms with Crippen molar-refractivity contribution >= 4 is 43.6 Å². The summed E-state index contributed by atoms with van der Waals surface area (Å²) in [6.07, 6.45) is 0. The molecule has 278 valence electrons. The van der Waals surface area contributed by atoms with Crippen molar-refractivity contribution in [2.24, 2.45) is 0 Å². The summed E-state index contributed by atoms with van der Waals surface area (Å²) in [6, 6.07) is 72.8. The second-order valence-corrected chi connectivity index (χ2v) is 16.3. The van der Waals surface area contributed by atoms with E-state index in [4.69, 9.17) is 4.98 Å². The molecule has 3 nitrogen and oxygen atoms in total. The van der Waals surface area contributed by atoms with Crippen molar-refractivity contribution in [2.45, 2.75) is 19.3 Å². The van der Waals surface area contributed by atoms with Gasteiger partial charge in [0.2, 0.25) is 0 Å². The molecule has 0 N–H and O–H groups in total. The van der Waals surface area contributed by atoms with Crippen molar-refractivity contribution in [1.29, 1.82) is 0 Å². The van der Waals surface area contributed by atoms with Crippen LogP contribution in [0.1, 0.15) is 25.0 Å². The zero-order chi connectivity index (χ0) is 39.2. The molecule has 0 saturated carbocycles. The van der Waals surface area contributed by atoms with Crippen LogP contribution in [0, 0.1) is 0 Å². The van der Waals surface area contributed by atoms with Gasteiger partial charge in [0.15, 0.2) is 0 Å². The van der Waals surface area contributed by atoms with Gasteiger partial charge in [-0.1, -0.05) is 153 Å². The van der Waals surface area contributed by atoms with Gasteiger partial charge in [-0.2, -0.15) is 0 Å². The van der Waals surface area contributed by atoms with Crippen molar-refractivity contribution in [3.63, 3.8) is 0 Å². The van der Waals surface area contributed by atoms with E-state index in [0.717, 1.165) is 39.5 Å². The van der Waals surface area contributed by atoms with Crippen molar-refractivity contribution in [1.82, 2.24) is 14.1 Å². The minimum absolute atomic E-state index is 0.234. The fourth-order valence-corrected chi connectivity index (χ4v) is 9.97. The predicted octanol–water partition coefficient (Wildman–Crippen LogP) is 14.6. The lowest BCUT2D eigenvalue weighted by Crippen LogP contribution is -2.15. The smallest absolute Gasteiger partial charge is 0.0722 e. The van der Waals surface area contributed by atoms with E-state index < -0.39 is 0 Å². The van der Waals surface area contributed by atoms with E-state index in [9.17, 15) is 0 Å². The molecule has 3 aromatic heterocycles. The van der Waals surface area contributed by atoms with Crippen LogP contribution in [0.4, 0.5) is 0 Å². The molecule has 0 saturated heterocycles. The van der Waals surface area contributed by atoms with E-state index in [1.54, 1.807) is 0 Å². The number of benzene rings is 8. The van der Waals surface area contributed by atoms with Crippen molar-refractivity contribution in [3.05, 3.63) is 211 Å². The molecule has 12 rings (SSSR count). The summed E-state index contributed by atoms with van der Waals surface area (Å²) in [5.41, 5.74) is 18.6. The highest BCUT2D eigenvalue weighted by Gasteiger charge is 2.39. The Hall–Kier alpha value is -7.49. The molecule has 3 heterocycles. The van der Waals surface area contributed by atoms with E-state index in [0.29, 0.717) is 0 Å². The number of fused-ring (bicyclic) bond motifs is 10. The van der Waals surface area contributed by atoms with Crippen LogP contribution in [-0.2, 0) is 5.41 Å². The SMILES string of the molecule is CC1(C)c2ccccc2-c2c1cc(-c1cc(-c3ccccc3)cc(-c3ccccc3)n1)c1c3ccccc3n(-c3ccc4c(c3)c3ccccc3n4-c3ccccc3)c21. The highest BCUT2D eigenvalue weighted by Crippen LogP contribution is 2.55. The minimum atomic E-state index is -0.234. The van der Waals surface area contributed by atoms with Crippen molar-refractivity contribution in [2.75, 3.05) is 0 Å². The predicted molar refractivity (Wildman–Crippen MR) is 247 cm³/mol. The number of aromatic nitrogens is 3. The van der Waals surface area contributed by atoms with Gasteiger partial charge in [-0.25, -0.2) is 4.98 Å². The third-order valence-electron chi connectivity index (χ3n) is 12.7. The summed E-state index contributed by atoms with van der Waals surface area (Å²) in [5, 5.41) is 4.89. The Bertz CT molecular complexity index is 3390. The Morgan fingerprint density at radius 1 is 0.390 bits per heavy atom. The van der Waals surface area contributed by atoms with Gasteiger partial charge in [0.1, 0.15) is 0 Å². The van der Waals surface area contributed by atoms with Crippen molar-refractivity contribution < 1.29 is 0 Å². The molecule has 0 radical (unpaired) electrons. The molecule has 11 aromatic rings. The third-order valence-corrected chi connectivity index (χ3v) is 12.7. The molecule has 0 amide bonds. The van der Waals surface area contributed by atoms with E-state index >= 15 is 0 Å². The maximum atomic E-state index is 5.56. The maximum absolute atomic E-state index is 5.56. The molecular weight excluding hydrogens is 715 g/mol. The summed E-state index contributed by atoms with van der Waals surface area (Å²) in [7, 11) is 0. The van der Waals surface area contributed by atoms with Crippen LogP contribution < -0.4 is 0 Å². The molecule has 0 unspecified atom stereocenters. The van der Waals surface area contributed by atoms with Crippen LogP contribution in [0.25, 0.3) is 99.8 Å². The van der Waals surface area contributed by atoms with Crippen LogP contribution in [0.5, 0.6) is 0 Å². The third kappa shape index (κ3) is 4.98. The number of pyridine rings is 1. The number of nitrogens with zero attached hydrogens (tertiary/aromatic N) is 3. The molecule has 0 bridgehead atoms. The number of hydrogen-bond donors (Lipinski definition) is 0. The van der Waals surface area contributed by atoms with E-state index in [2.05, 4.69) is 223 Å².